The third-order valence-electron chi connectivity index (χ3n) is 1.84. The lowest BCUT2D eigenvalue weighted by Crippen LogP contribution is -2.14. The predicted octanol–water partition coefficient (Wildman–Crippen LogP) is 1.51. The summed E-state index contributed by atoms with van der Waals surface area (Å²) in [5, 5.41) is 17.1. The first-order valence-corrected chi connectivity index (χ1v) is 4.93. The minimum atomic E-state index is -0.630. The van der Waals surface area contributed by atoms with E-state index in [9.17, 15) is 0 Å². The first-order valence-electron chi connectivity index (χ1n) is 4.93. The molecule has 0 amide bonds. The number of nitrogens with zero attached hydrogens (tertiary/aromatic N) is 2. The van der Waals surface area contributed by atoms with Crippen LogP contribution < -0.4 is 0 Å². The lowest BCUT2D eigenvalue weighted by molar-refractivity contribution is 0.253. The summed E-state index contributed by atoms with van der Waals surface area (Å²) in [5.41, 5.74) is 1.53. The van der Waals surface area contributed by atoms with E-state index < -0.39 is 6.10 Å². The van der Waals surface area contributed by atoms with Gasteiger partial charge in [0, 0.05) is 5.41 Å². The molecule has 1 heterocycles. The summed E-state index contributed by atoms with van der Waals surface area (Å²) in [6.45, 7) is 7.86. The second-order valence-electron chi connectivity index (χ2n) is 4.50. The third kappa shape index (κ3) is 3.69. The van der Waals surface area contributed by atoms with Gasteiger partial charge in [-0.05, 0) is 25.0 Å². The lowest BCUT2D eigenvalue weighted by atomic mass is 9.92. The highest BCUT2D eigenvalue weighted by Crippen LogP contribution is 2.18. The molecular weight excluding hydrogens is 188 g/mol. The van der Waals surface area contributed by atoms with Gasteiger partial charge in [-0.1, -0.05) is 26.7 Å². The smallest absolute Gasteiger partial charge is 0.136 e. The van der Waals surface area contributed by atoms with Crippen LogP contribution in [0, 0.1) is 11.8 Å². The molecule has 1 atom stereocenters. The maximum absolute atomic E-state index is 8.98. The molecule has 0 fully saturated rings. The summed E-state index contributed by atoms with van der Waals surface area (Å²) < 4.78 is 0. The molecule has 0 saturated heterocycles. The zero-order valence-corrected chi connectivity index (χ0v) is 9.57. The van der Waals surface area contributed by atoms with Crippen molar-refractivity contribution in [1.82, 2.24) is 10.2 Å². The molecule has 1 N–H and O–H groups in total. The molecule has 0 spiro atoms. The van der Waals surface area contributed by atoms with E-state index in [2.05, 4.69) is 42.8 Å². The van der Waals surface area contributed by atoms with E-state index in [1.54, 1.807) is 6.92 Å². The molecule has 0 unspecified atom stereocenters. The van der Waals surface area contributed by atoms with Gasteiger partial charge in [-0.3, -0.25) is 0 Å². The highest BCUT2D eigenvalue weighted by Gasteiger charge is 2.15. The molecule has 3 heteroatoms. The summed E-state index contributed by atoms with van der Waals surface area (Å²) in [6, 6.07) is 3.74. The number of aliphatic hydroxyl groups is 1. The molecule has 1 aromatic heterocycles. The van der Waals surface area contributed by atoms with Gasteiger partial charge in [0.05, 0.1) is 5.69 Å². The van der Waals surface area contributed by atoms with Gasteiger partial charge in [0.25, 0.3) is 0 Å². The Labute approximate surface area is 90.6 Å². The van der Waals surface area contributed by atoms with Crippen LogP contribution in [0.1, 0.15) is 39.1 Å². The van der Waals surface area contributed by atoms with Gasteiger partial charge in [0.15, 0.2) is 0 Å². The van der Waals surface area contributed by atoms with Gasteiger partial charge < -0.3 is 5.11 Å². The Bertz CT molecular complexity index is 377. The standard InChI is InChI=1S/C12H16N2O/c1-9(15)5-6-10-7-8-11(14-13-10)12(2,3)4/h7-9,15H,1-4H3/t9-/m0/s1. The zero-order chi connectivity index (χ0) is 11.5. The second kappa shape index (κ2) is 4.41. The van der Waals surface area contributed by atoms with E-state index in [4.69, 9.17) is 5.11 Å². The Balaban J connectivity index is 2.88. The number of rotatable bonds is 0. The van der Waals surface area contributed by atoms with Crippen molar-refractivity contribution in [1.29, 1.82) is 0 Å². The third-order valence-corrected chi connectivity index (χ3v) is 1.84. The van der Waals surface area contributed by atoms with E-state index in [0.717, 1.165) is 5.69 Å². The molecule has 0 radical (unpaired) electrons. The molecule has 0 aliphatic rings. The summed E-state index contributed by atoms with van der Waals surface area (Å²) in [5.74, 6) is 5.37. The first-order chi connectivity index (χ1) is 6.89. The quantitative estimate of drug-likeness (QED) is 0.651. The molecule has 1 rings (SSSR count). The molecule has 0 aliphatic carbocycles. The highest BCUT2D eigenvalue weighted by molar-refractivity contribution is 5.28. The van der Waals surface area contributed by atoms with Crippen LogP contribution in [-0.4, -0.2) is 21.4 Å². The largest absolute Gasteiger partial charge is 0.381 e. The summed E-state index contributed by atoms with van der Waals surface area (Å²) in [7, 11) is 0. The van der Waals surface area contributed by atoms with Crippen molar-refractivity contribution < 1.29 is 5.11 Å². The lowest BCUT2D eigenvalue weighted by Gasteiger charge is -2.15. The van der Waals surface area contributed by atoms with E-state index in [1.165, 1.54) is 0 Å². The van der Waals surface area contributed by atoms with E-state index >= 15 is 0 Å². The van der Waals surface area contributed by atoms with Crippen LogP contribution in [0.5, 0.6) is 0 Å². The van der Waals surface area contributed by atoms with Crippen LogP contribution in [0.3, 0.4) is 0 Å². The van der Waals surface area contributed by atoms with E-state index in [0.29, 0.717) is 5.69 Å². The van der Waals surface area contributed by atoms with Crippen LogP contribution in [0.25, 0.3) is 0 Å². The number of aromatic nitrogens is 2. The van der Waals surface area contributed by atoms with E-state index in [-0.39, 0.29) is 5.41 Å². The molecule has 80 valence electrons. The predicted molar refractivity (Wildman–Crippen MR) is 59.3 cm³/mol. The first kappa shape index (κ1) is 11.7. The average molecular weight is 204 g/mol. The Morgan fingerprint density at radius 3 is 2.33 bits per heavy atom. The van der Waals surface area contributed by atoms with Crippen LogP contribution in [0.15, 0.2) is 12.1 Å². The Hall–Kier alpha value is -1.40. The molecule has 3 nitrogen and oxygen atoms in total. The molecule has 0 aromatic carbocycles. The molecule has 0 saturated carbocycles. The van der Waals surface area contributed by atoms with Crippen molar-refractivity contribution in [2.45, 2.75) is 39.2 Å². The fourth-order valence-corrected chi connectivity index (χ4v) is 0.977. The number of hydrogen-bond acceptors (Lipinski definition) is 3. The Kier molecular flexibility index (Phi) is 3.43. The van der Waals surface area contributed by atoms with Gasteiger partial charge in [0.2, 0.25) is 0 Å². The van der Waals surface area contributed by atoms with Crippen molar-refractivity contribution in [3.63, 3.8) is 0 Å². The normalized spacial score (nSPS) is 12.9. The van der Waals surface area contributed by atoms with Crippen molar-refractivity contribution in [3.05, 3.63) is 23.5 Å². The van der Waals surface area contributed by atoms with E-state index in [1.807, 2.05) is 12.1 Å². The molecular formula is C12H16N2O. The fourth-order valence-electron chi connectivity index (χ4n) is 0.977. The van der Waals surface area contributed by atoms with Crippen LogP contribution in [0.2, 0.25) is 0 Å². The Morgan fingerprint density at radius 1 is 1.27 bits per heavy atom. The maximum atomic E-state index is 8.98. The summed E-state index contributed by atoms with van der Waals surface area (Å²) in [6.07, 6.45) is -0.630. The van der Waals surface area contributed by atoms with Gasteiger partial charge in [-0.15, -0.1) is 5.10 Å². The molecule has 0 bridgehead atoms. The zero-order valence-electron chi connectivity index (χ0n) is 9.57. The Morgan fingerprint density at radius 2 is 1.93 bits per heavy atom. The van der Waals surface area contributed by atoms with Gasteiger partial charge >= 0.3 is 0 Å². The van der Waals surface area contributed by atoms with Crippen molar-refractivity contribution >= 4 is 0 Å². The maximum Gasteiger partial charge on any atom is 0.136 e. The van der Waals surface area contributed by atoms with Gasteiger partial charge in [-0.25, -0.2) is 0 Å². The highest BCUT2D eigenvalue weighted by atomic mass is 16.3. The molecule has 0 aliphatic heterocycles. The van der Waals surface area contributed by atoms with Crippen molar-refractivity contribution in [2.75, 3.05) is 0 Å². The second-order valence-corrected chi connectivity index (χ2v) is 4.50. The minimum Gasteiger partial charge on any atom is -0.381 e. The SMILES string of the molecule is C[C@H](O)C#Cc1ccc(C(C)(C)C)nn1. The van der Waals surface area contributed by atoms with Crippen LogP contribution >= 0.6 is 0 Å². The van der Waals surface area contributed by atoms with Crippen LogP contribution in [0.4, 0.5) is 0 Å². The summed E-state index contributed by atoms with van der Waals surface area (Å²) in [4.78, 5) is 0. The number of aliphatic hydroxyl groups excluding tert-OH is 1. The average Bonchev–Trinajstić information content (AvgIpc) is 2.14. The minimum absolute atomic E-state index is 0.00320. The monoisotopic (exact) mass is 204 g/mol. The van der Waals surface area contributed by atoms with Crippen molar-refractivity contribution in [3.8, 4) is 11.8 Å². The number of hydrogen-bond donors (Lipinski definition) is 1. The fraction of sp³-hybridized carbons (Fsp3) is 0.500. The topological polar surface area (TPSA) is 46.0 Å². The molecule has 1 aromatic rings. The van der Waals surface area contributed by atoms with Crippen molar-refractivity contribution in [2.24, 2.45) is 0 Å². The molecule has 15 heavy (non-hydrogen) atoms. The van der Waals surface area contributed by atoms with Gasteiger partial charge in [-0.2, -0.15) is 5.10 Å². The van der Waals surface area contributed by atoms with Gasteiger partial charge in [0.1, 0.15) is 11.8 Å². The summed E-state index contributed by atoms with van der Waals surface area (Å²) >= 11 is 0. The van der Waals surface area contributed by atoms with Crippen LogP contribution in [-0.2, 0) is 5.41 Å².